The normalized spacial score (nSPS) is 12.9. The van der Waals surface area contributed by atoms with Crippen LogP contribution in [0.5, 0.6) is 0 Å². The summed E-state index contributed by atoms with van der Waals surface area (Å²) in [5.74, 6) is -0.259. The van der Waals surface area contributed by atoms with Crippen molar-refractivity contribution in [2.24, 2.45) is 0 Å². The maximum absolute atomic E-state index is 12.8. The van der Waals surface area contributed by atoms with Gasteiger partial charge in [-0.25, -0.2) is 8.42 Å². The van der Waals surface area contributed by atoms with Gasteiger partial charge in [-0.2, -0.15) is 9.40 Å². The van der Waals surface area contributed by atoms with E-state index in [0.29, 0.717) is 31.9 Å². The molecule has 172 valence electrons. The fraction of sp³-hybridized carbons (Fsp3) is 0.391. The van der Waals surface area contributed by atoms with Crippen molar-refractivity contribution in [2.45, 2.75) is 38.3 Å². The molecule has 0 aliphatic rings. The first-order valence-corrected chi connectivity index (χ1v) is 12.1. The predicted octanol–water partition coefficient (Wildman–Crippen LogP) is 2.88. The molecule has 9 heteroatoms. The van der Waals surface area contributed by atoms with Gasteiger partial charge in [0, 0.05) is 31.6 Å². The first-order valence-electron chi connectivity index (χ1n) is 10.7. The van der Waals surface area contributed by atoms with E-state index in [9.17, 15) is 13.2 Å². The second-order valence-electron chi connectivity index (χ2n) is 7.59. The standard InChI is InChI=1S/C23H30N4O4S/c1-5-26(6-2)32(29,30)19-13-11-18(12-14-19)15-27-21-10-8-7-9-20(21)22(25-27)23(28)24-17(3)16-31-4/h7-14,17H,5-6,15-16H2,1-4H3,(H,24,28). The van der Waals surface area contributed by atoms with Crippen LogP contribution in [-0.2, 0) is 21.3 Å². The molecule has 0 saturated carbocycles. The molecular weight excluding hydrogens is 428 g/mol. The lowest BCUT2D eigenvalue weighted by Gasteiger charge is -2.18. The van der Waals surface area contributed by atoms with Crippen LogP contribution in [0.3, 0.4) is 0 Å². The Kier molecular flexibility index (Phi) is 7.65. The summed E-state index contributed by atoms with van der Waals surface area (Å²) in [7, 11) is -1.91. The summed E-state index contributed by atoms with van der Waals surface area (Å²) < 4.78 is 33.7. The zero-order valence-electron chi connectivity index (χ0n) is 18.9. The first-order chi connectivity index (χ1) is 15.3. The molecule has 1 N–H and O–H groups in total. The number of hydrogen-bond donors (Lipinski definition) is 1. The Bertz CT molecular complexity index is 1170. The number of benzene rings is 2. The molecule has 0 aliphatic carbocycles. The van der Waals surface area contributed by atoms with Crippen LogP contribution in [-0.4, -0.2) is 61.3 Å². The molecule has 0 spiro atoms. The molecule has 32 heavy (non-hydrogen) atoms. The van der Waals surface area contributed by atoms with Gasteiger partial charge in [0.2, 0.25) is 10.0 Å². The Hall–Kier alpha value is -2.75. The Morgan fingerprint density at radius 2 is 1.78 bits per heavy atom. The number of carbonyl (C=O) groups excluding carboxylic acids is 1. The topological polar surface area (TPSA) is 93.5 Å². The summed E-state index contributed by atoms with van der Waals surface area (Å²) in [5.41, 5.74) is 2.07. The molecular formula is C23H30N4O4S. The zero-order chi connectivity index (χ0) is 23.3. The molecule has 3 rings (SSSR count). The number of nitrogens with one attached hydrogen (secondary N) is 1. The molecule has 0 radical (unpaired) electrons. The molecule has 1 atom stereocenters. The molecule has 1 aromatic heterocycles. The van der Waals surface area contributed by atoms with E-state index in [-0.39, 0.29) is 16.8 Å². The van der Waals surface area contributed by atoms with Crippen LogP contribution in [0.15, 0.2) is 53.4 Å². The van der Waals surface area contributed by atoms with Crippen molar-refractivity contribution in [2.75, 3.05) is 26.8 Å². The second kappa shape index (κ2) is 10.2. The number of rotatable bonds is 10. The number of amides is 1. The number of hydrogen-bond acceptors (Lipinski definition) is 5. The Morgan fingerprint density at radius 3 is 2.41 bits per heavy atom. The summed E-state index contributed by atoms with van der Waals surface area (Å²) in [6.07, 6.45) is 0. The summed E-state index contributed by atoms with van der Waals surface area (Å²) in [6, 6.07) is 14.2. The Morgan fingerprint density at radius 1 is 1.12 bits per heavy atom. The highest BCUT2D eigenvalue weighted by Crippen LogP contribution is 2.21. The number of nitrogens with zero attached hydrogens (tertiary/aromatic N) is 3. The summed E-state index contributed by atoms with van der Waals surface area (Å²) >= 11 is 0. The van der Waals surface area contributed by atoms with Crippen LogP contribution in [0.25, 0.3) is 10.9 Å². The fourth-order valence-electron chi connectivity index (χ4n) is 3.65. The molecule has 0 aliphatic heterocycles. The van der Waals surface area contributed by atoms with Gasteiger partial charge in [-0.15, -0.1) is 0 Å². The smallest absolute Gasteiger partial charge is 0.272 e. The number of sulfonamides is 1. The van der Waals surface area contributed by atoms with E-state index in [2.05, 4.69) is 10.4 Å². The molecule has 0 bridgehead atoms. The van der Waals surface area contributed by atoms with Gasteiger partial charge in [-0.3, -0.25) is 9.48 Å². The van der Waals surface area contributed by atoms with Crippen LogP contribution in [0, 0.1) is 0 Å². The van der Waals surface area contributed by atoms with Gasteiger partial charge in [0.1, 0.15) is 0 Å². The predicted molar refractivity (Wildman–Crippen MR) is 124 cm³/mol. The molecule has 3 aromatic rings. The van der Waals surface area contributed by atoms with Gasteiger partial charge in [-0.1, -0.05) is 44.2 Å². The summed E-state index contributed by atoms with van der Waals surface area (Å²) in [5, 5.41) is 8.22. The van der Waals surface area contributed by atoms with Crippen molar-refractivity contribution in [3.05, 3.63) is 59.8 Å². The van der Waals surface area contributed by atoms with Crippen molar-refractivity contribution in [3.63, 3.8) is 0 Å². The Balaban J connectivity index is 1.87. The molecule has 2 aromatic carbocycles. The minimum atomic E-state index is -3.50. The van der Waals surface area contributed by atoms with Crippen molar-refractivity contribution in [3.8, 4) is 0 Å². The van der Waals surface area contributed by atoms with Crippen molar-refractivity contribution >= 4 is 26.8 Å². The van der Waals surface area contributed by atoms with Crippen LogP contribution < -0.4 is 5.32 Å². The lowest BCUT2D eigenvalue weighted by molar-refractivity contribution is 0.0901. The highest BCUT2D eigenvalue weighted by atomic mass is 32.2. The molecule has 0 fully saturated rings. The Labute approximate surface area is 189 Å². The molecule has 8 nitrogen and oxygen atoms in total. The number of carbonyl (C=O) groups is 1. The number of fused-ring (bicyclic) bond motifs is 1. The summed E-state index contributed by atoms with van der Waals surface area (Å²) in [4.78, 5) is 13.0. The largest absolute Gasteiger partial charge is 0.383 e. The van der Waals surface area contributed by atoms with Gasteiger partial charge in [0.05, 0.1) is 23.6 Å². The minimum Gasteiger partial charge on any atom is -0.383 e. The third kappa shape index (κ3) is 5.01. The van der Waals surface area contributed by atoms with Crippen LogP contribution >= 0.6 is 0 Å². The van der Waals surface area contributed by atoms with Gasteiger partial charge < -0.3 is 10.1 Å². The molecule has 1 heterocycles. The maximum Gasteiger partial charge on any atom is 0.272 e. The molecule has 1 unspecified atom stereocenters. The van der Waals surface area contributed by atoms with E-state index in [1.54, 1.807) is 36.1 Å². The lowest BCUT2D eigenvalue weighted by Crippen LogP contribution is -2.36. The maximum atomic E-state index is 12.8. The number of para-hydroxylation sites is 1. The van der Waals surface area contributed by atoms with Gasteiger partial charge in [-0.05, 0) is 30.7 Å². The van der Waals surface area contributed by atoms with E-state index in [4.69, 9.17) is 4.74 Å². The minimum absolute atomic E-state index is 0.142. The van der Waals surface area contributed by atoms with Gasteiger partial charge >= 0.3 is 0 Å². The van der Waals surface area contributed by atoms with E-state index in [1.165, 1.54) is 4.31 Å². The van der Waals surface area contributed by atoms with Crippen molar-refractivity contribution < 1.29 is 17.9 Å². The average molecular weight is 459 g/mol. The third-order valence-electron chi connectivity index (χ3n) is 5.27. The number of methoxy groups -OCH3 is 1. The SMILES string of the molecule is CCN(CC)S(=O)(=O)c1ccc(Cn2nc(C(=O)NC(C)COC)c3ccccc32)cc1. The quantitative estimate of drug-likeness (QED) is 0.504. The molecule has 0 saturated heterocycles. The van der Waals surface area contributed by atoms with Gasteiger partial charge in [0.25, 0.3) is 5.91 Å². The van der Waals surface area contributed by atoms with Crippen LogP contribution in [0.1, 0.15) is 36.8 Å². The second-order valence-corrected chi connectivity index (χ2v) is 9.52. The number of aromatic nitrogens is 2. The monoisotopic (exact) mass is 458 g/mol. The van der Waals surface area contributed by atoms with Crippen LogP contribution in [0.4, 0.5) is 0 Å². The number of ether oxygens (including phenoxy) is 1. The zero-order valence-corrected chi connectivity index (χ0v) is 19.7. The molecule has 1 amide bonds. The lowest BCUT2D eigenvalue weighted by atomic mass is 10.2. The van der Waals surface area contributed by atoms with E-state index >= 15 is 0 Å². The highest BCUT2D eigenvalue weighted by Gasteiger charge is 2.22. The first kappa shape index (κ1) is 23.9. The summed E-state index contributed by atoms with van der Waals surface area (Å²) in [6.45, 7) is 7.18. The van der Waals surface area contributed by atoms with Crippen molar-refractivity contribution in [1.29, 1.82) is 0 Å². The highest BCUT2D eigenvalue weighted by molar-refractivity contribution is 7.89. The third-order valence-corrected chi connectivity index (χ3v) is 7.33. The fourth-order valence-corrected chi connectivity index (χ4v) is 5.11. The van der Waals surface area contributed by atoms with Gasteiger partial charge in [0.15, 0.2) is 5.69 Å². The van der Waals surface area contributed by atoms with E-state index in [1.807, 2.05) is 45.0 Å². The van der Waals surface area contributed by atoms with Crippen LogP contribution in [0.2, 0.25) is 0 Å². The van der Waals surface area contributed by atoms with E-state index < -0.39 is 10.0 Å². The van der Waals surface area contributed by atoms with E-state index in [0.717, 1.165) is 16.5 Å². The average Bonchev–Trinajstić information content (AvgIpc) is 3.13. The van der Waals surface area contributed by atoms with Crippen molar-refractivity contribution in [1.82, 2.24) is 19.4 Å².